The maximum Gasteiger partial charge on any atom is 0.647 e. The maximum atomic E-state index is 14.0. The van der Waals surface area contributed by atoms with Crippen LogP contribution >= 0.6 is 7.82 Å². The molecule has 0 aromatic heterocycles. The van der Waals surface area contributed by atoms with Crippen molar-refractivity contribution in [2.24, 2.45) is 0 Å². The van der Waals surface area contributed by atoms with E-state index in [0.29, 0.717) is 17.2 Å². The van der Waals surface area contributed by atoms with Crippen molar-refractivity contribution in [3.8, 4) is 28.4 Å². The van der Waals surface area contributed by atoms with Crippen LogP contribution in [-0.4, -0.2) is 0 Å². The Morgan fingerprint density at radius 1 is 0.636 bits per heavy atom. The van der Waals surface area contributed by atoms with Gasteiger partial charge in [-0.25, -0.2) is 0 Å². The van der Waals surface area contributed by atoms with Gasteiger partial charge in [0, 0.05) is 11.1 Å². The summed E-state index contributed by atoms with van der Waals surface area (Å²) in [5.41, 5.74) is 3.71. The lowest BCUT2D eigenvalue weighted by atomic mass is 9.92. The number of rotatable bonds is 2. The van der Waals surface area contributed by atoms with Gasteiger partial charge in [0.15, 0.2) is 0 Å². The van der Waals surface area contributed by atoms with Gasteiger partial charge in [0.25, 0.3) is 0 Å². The normalized spacial score (nSPS) is 14.0. The molecule has 0 bridgehead atoms. The Morgan fingerprint density at radius 3 is 1.64 bits per heavy atom. The summed E-state index contributed by atoms with van der Waals surface area (Å²) in [5.74, 6) is 1.38. The van der Waals surface area contributed by atoms with E-state index in [2.05, 4.69) is 12.1 Å². The molecule has 0 amide bonds. The molecular formula is C28H21O4P. The van der Waals surface area contributed by atoms with E-state index in [-0.39, 0.29) is 0 Å². The Morgan fingerprint density at radius 2 is 1.12 bits per heavy atom. The average molecular weight is 452 g/mol. The van der Waals surface area contributed by atoms with E-state index in [1.165, 1.54) is 0 Å². The number of benzene rings is 5. The second-order valence-electron chi connectivity index (χ2n) is 8.36. The fourth-order valence-electron chi connectivity index (χ4n) is 4.58. The van der Waals surface area contributed by atoms with E-state index in [9.17, 15) is 4.57 Å². The smallest absolute Gasteiger partial charge is 0.386 e. The Kier molecular flexibility index (Phi) is 4.46. The van der Waals surface area contributed by atoms with Gasteiger partial charge in [-0.1, -0.05) is 66.7 Å². The van der Waals surface area contributed by atoms with Crippen molar-refractivity contribution in [1.82, 2.24) is 0 Å². The van der Waals surface area contributed by atoms with Gasteiger partial charge >= 0.3 is 7.82 Å². The Bertz CT molecular complexity index is 1490. The molecule has 33 heavy (non-hydrogen) atoms. The first-order chi connectivity index (χ1) is 16.0. The van der Waals surface area contributed by atoms with E-state index in [0.717, 1.165) is 43.8 Å². The molecule has 1 aliphatic heterocycles. The highest BCUT2D eigenvalue weighted by molar-refractivity contribution is 7.49. The van der Waals surface area contributed by atoms with Gasteiger partial charge in [-0.15, -0.1) is 0 Å². The van der Waals surface area contributed by atoms with Crippen molar-refractivity contribution in [3.63, 3.8) is 0 Å². The lowest BCUT2D eigenvalue weighted by Gasteiger charge is -2.18. The van der Waals surface area contributed by atoms with Crippen LogP contribution in [0.3, 0.4) is 0 Å². The summed E-state index contributed by atoms with van der Waals surface area (Å²) < 4.78 is 32.1. The van der Waals surface area contributed by atoms with E-state index in [1.807, 2.05) is 92.7 Å². The monoisotopic (exact) mass is 452 g/mol. The van der Waals surface area contributed by atoms with E-state index in [1.54, 1.807) is 0 Å². The van der Waals surface area contributed by atoms with Gasteiger partial charge in [-0.2, -0.15) is 4.57 Å². The molecule has 5 aromatic carbocycles. The highest BCUT2D eigenvalue weighted by Gasteiger charge is 2.39. The highest BCUT2D eigenvalue weighted by atomic mass is 31.2. The summed E-state index contributed by atoms with van der Waals surface area (Å²) in [7, 11) is -4.04. The number of phosphoric acid groups is 1. The molecule has 0 N–H and O–H groups in total. The maximum absolute atomic E-state index is 14.0. The van der Waals surface area contributed by atoms with E-state index in [4.69, 9.17) is 13.6 Å². The van der Waals surface area contributed by atoms with Crippen LogP contribution in [0.2, 0.25) is 0 Å². The zero-order chi connectivity index (χ0) is 22.6. The van der Waals surface area contributed by atoms with Gasteiger partial charge in [0.1, 0.15) is 17.2 Å². The largest absolute Gasteiger partial charge is 0.647 e. The van der Waals surface area contributed by atoms with Crippen molar-refractivity contribution in [3.05, 3.63) is 102 Å². The molecule has 5 heteroatoms. The third kappa shape index (κ3) is 3.44. The average Bonchev–Trinajstić information content (AvgIpc) is 2.91. The van der Waals surface area contributed by atoms with Gasteiger partial charge in [0.05, 0.1) is 0 Å². The number of aryl methyl sites for hydroxylation is 2. The fraction of sp³-hybridized carbons (Fsp3) is 0.0714. The van der Waals surface area contributed by atoms with Gasteiger partial charge in [-0.3, -0.25) is 0 Å². The Hall–Kier alpha value is -3.75. The second kappa shape index (κ2) is 7.40. The van der Waals surface area contributed by atoms with Crippen LogP contribution in [0.4, 0.5) is 0 Å². The minimum atomic E-state index is -4.04. The first kappa shape index (κ1) is 19.9. The fourth-order valence-corrected chi connectivity index (χ4v) is 5.84. The molecule has 0 aliphatic carbocycles. The topological polar surface area (TPSA) is 44.8 Å². The number of fused-ring (bicyclic) bond motifs is 7. The van der Waals surface area contributed by atoms with Crippen LogP contribution in [0.25, 0.3) is 32.7 Å². The minimum Gasteiger partial charge on any atom is -0.386 e. The van der Waals surface area contributed by atoms with Crippen molar-refractivity contribution < 1.29 is 18.1 Å². The Labute approximate surface area is 192 Å². The molecule has 0 radical (unpaired) electrons. The van der Waals surface area contributed by atoms with Crippen LogP contribution in [0.1, 0.15) is 11.1 Å². The predicted molar refractivity (Wildman–Crippen MR) is 132 cm³/mol. The van der Waals surface area contributed by atoms with Crippen molar-refractivity contribution >= 4 is 29.4 Å². The summed E-state index contributed by atoms with van der Waals surface area (Å²) in [6.45, 7) is 3.93. The molecule has 0 unspecified atom stereocenters. The molecule has 0 spiro atoms. The third-order valence-corrected chi connectivity index (χ3v) is 7.14. The molecule has 1 aliphatic rings. The van der Waals surface area contributed by atoms with Crippen LogP contribution in [-0.2, 0) is 4.57 Å². The van der Waals surface area contributed by atoms with Crippen molar-refractivity contribution in [2.75, 3.05) is 0 Å². The van der Waals surface area contributed by atoms with Crippen LogP contribution < -0.4 is 13.6 Å². The zero-order valence-corrected chi connectivity index (χ0v) is 19.1. The first-order valence-corrected chi connectivity index (χ1v) is 12.3. The summed E-state index contributed by atoms with van der Waals surface area (Å²) >= 11 is 0. The molecule has 0 saturated carbocycles. The lowest BCUT2D eigenvalue weighted by Crippen LogP contribution is -2.06. The molecule has 6 rings (SSSR count). The zero-order valence-electron chi connectivity index (χ0n) is 18.2. The third-order valence-electron chi connectivity index (χ3n) is 5.86. The van der Waals surface area contributed by atoms with Crippen LogP contribution in [0.15, 0.2) is 91.0 Å². The molecule has 5 aromatic rings. The molecule has 4 nitrogen and oxygen atoms in total. The van der Waals surface area contributed by atoms with E-state index < -0.39 is 7.82 Å². The summed E-state index contributed by atoms with van der Waals surface area (Å²) in [6, 6.07) is 29.5. The minimum absolute atomic E-state index is 0.447. The van der Waals surface area contributed by atoms with Crippen molar-refractivity contribution in [1.29, 1.82) is 0 Å². The van der Waals surface area contributed by atoms with Crippen LogP contribution in [0, 0.1) is 13.8 Å². The number of hydrogen-bond donors (Lipinski definition) is 0. The molecule has 162 valence electrons. The lowest BCUT2D eigenvalue weighted by molar-refractivity contribution is 0.302. The molecular weight excluding hydrogens is 431 g/mol. The predicted octanol–water partition coefficient (Wildman–Crippen LogP) is 8.24. The molecule has 0 saturated heterocycles. The molecule has 0 atom stereocenters. The van der Waals surface area contributed by atoms with Gasteiger partial charge in [-0.05, 0) is 70.8 Å². The second-order valence-corrected chi connectivity index (χ2v) is 9.81. The number of hydrogen-bond acceptors (Lipinski definition) is 4. The summed E-state index contributed by atoms with van der Waals surface area (Å²) in [6.07, 6.45) is 0. The molecule has 1 heterocycles. The van der Waals surface area contributed by atoms with Gasteiger partial charge < -0.3 is 13.6 Å². The van der Waals surface area contributed by atoms with Crippen molar-refractivity contribution in [2.45, 2.75) is 13.8 Å². The standard InChI is InChI=1S/C28H21O4P/c1-18-15-19(2)17-22(16-18)30-33(29)31-25-13-11-20-7-3-5-9-23(20)27(25)28-24-10-6-4-8-21(24)12-14-26(28)32-33/h3-17H,1-2H3. The van der Waals surface area contributed by atoms with E-state index >= 15 is 0 Å². The summed E-state index contributed by atoms with van der Waals surface area (Å²) in [4.78, 5) is 0. The van der Waals surface area contributed by atoms with Crippen LogP contribution in [0.5, 0.6) is 17.2 Å². The Balaban J connectivity index is 1.63. The first-order valence-electron chi connectivity index (χ1n) is 10.8. The number of phosphoric ester groups is 1. The molecule has 0 fully saturated rings. The quantitative estimate of drug-likeness (QED) is 0.253. The summed E-state index contributed by atoms with van der Waals surface area (Å²) in [5, 5.41) is 4.11. The highest BCUT2D eigenvalue weighted by Crippen LogP contribution is 2.59. The van der Waals surface area contributed by atoms with Gasteiger partial charge in [0.2, 0.25) is 0 Å². The SMILES string of the molecule is Cc1cc(C)cc(OP2(=O)Oc3ccc4ccccc4c3-c3c(ccc4ccccc34)O2)c1.